The van der Waals surface area contributed by atoms with Gasteiger partial charge >= 0.3 is 0 Å². The van der Waals surface area contributed by atoms with Crippen molar-refractivity contribution in [1.82, 2.24) is 0 Å². The van der Waals surface area contributed by atoms with Gasteiger partial charge in [-0.15, -0.1) is 0 Å². The minimum Gasteiger partial charge on any atom is -0.192 e. The second-order valence-electron chi connectivity index (χ2n) is 2.80. The van der Waals surface area contributed by atoms with E-state index in [2.05, 4.69) is 6.92 Å². The Kier molecular flexibility index (Phi) is 3.59. The maximum absolute atomic E-state index is 8.70. The summed E-state index contributed by atoms with van der Waals surface area (Å²) in [5.41, 5.74) is 1.44. The third-order valence-electron chi connectivity index (χ3n) is 1.75. The molecule has 0 atom stereocenters. The van der Waals surface area contributed by atoms with Crippen molar-refractivity contribution in [2.45, 2.75) is 19.8 Å². The topological polar surface area (TPSA) is 23.8 Å². The molecule has 0 aliphatic rings. The summed E-state index contributed by atoms with van der Waals surface area (Å²) in [7, 11) is 0. The monoisotopic (exact) mass is 213 g/mol. The third-order valence-corrected chi connectivity index (χ3v) is 2.35. The van der Waals surface area contributed by atoms with Gasteiger partial charge in [-0.1, -0.05) is 36.5 Å². The minimum absolute atomic E-state index is 0.364. The van der Waals surface area contributed by atoms with Crippen LogP contribution in [0.3, 0.4) is 0 Å². The van der Waals surface area contributed by atoms with Crippen LogP contribution in [-0.4, -0.2) is 0 Å². The van der Waals surface area contributed by atoms with E-state index in [1.54, 1.807) is 12.1 Å². The van der Waals surface area contributed by atoms with Gasteiger partial charge in [-0.2, -0.15) is 5.26 Å². The highest BCUT2D eigenvalue weighted by Crippen LogP contribution is 2.26. The Bertz CT molecular complexity index is 329. The van der Waals surface area contributed by atoms with Crippen molar-refractivity contribution in [2.75, 3.05) is 0 Å². The van der Waals surface area contributed by atoms with Crippen molar-refractivity contribution in [3.63, 3.8) is 0 Å². The van der Waals surface area contributed by atoms with Crippen molar-refractivity contribution >= 4 is 23.2 Å². The fourth-order valence-corrected chi connectivity index (χ4v) is 1.78. The van der Waals surface area contributed by atoms with Crippen LogP contribution in [-0.2, 0) is 6.42 Å². The lowest BCUT2D eigenvalue weighted by molar-refractivity contribution is 0.922. The molecule has 0 radical (unpaired) electrons. The van der Waals surface area contributed by atoms with Crippen molar-refractivity contribution in [3.8, 4) is 6.07 Å². The van der Waals surface area contributed by atoms with Crippen LogP contribution in [0.25, 0.3) is 0 Å². The molecule has 0 amide bonds. The van der Waals surface area contributed by atoms with Crippen molar-refractivity contribution in [1.29, 1.82) is 5.26 Å². The molecule has 0 unspecified atom stereocenters. The van der Waals surface area contributed by atoms with E-state index in [1.165, 1.54) is 0 Å². The van der Waals surface area contributed by atoms with Crippen molar-refractivity contribution in [3.05, 3.63) is 33.3 Å². The smallest absolute Gasteiger partial charge is 0.102 e. The molecule has 1 aromatic rings. The van der Waals surface area contributed by atoms with Gasteiger partial charge in [-0.25, -0.2) is 0 Å². The summed E-state index contributed by atoms with van der Waals surface area (Å²) in [5, 5.41) is 9.59. The van der Waals surface area contributed by atoms with Gasteiger partial charge in [0.1, 0.15) is 6.07 Å². The summed E-state index contributed by atoms with van der Waals surface area (Å²) < 4.78 is 0. The van der Waals surface area contributed by atoms with E-state index in [0.29, 0.717) is 15.6 Å². The van der Waals surface area contributed by atoms with Gasteiger partial charge in [0.2, 0.25) is 0 Å². The second kappa shape index (κ2) is 4.50. The molecule has 0 fully saturated rings. The number of aryl methyl sites for hydroxylation is 1. The van der Waals surface area contributed by atoms with E-state index in [1.807, 2.05) is 6.07 Å². The zero-order valence-electron chi connectivity index (χ0n) is 7.27. The van der Waals surface area contributed by atoms with Gasteiger partial charge < -0.3 is 0 Å². The van der Waals surface area contributed by atoms with E-state index in [-0.39, 0.29) is 0 Å². The number of nitriles is 1. The zero-order chi connectivity index (χ0) is 9.84. The summed E-state index contributed by atoms with van der Waals surface area (Å²) >= 11 is 11.7. The molecule has 1 aromatic carbocycles. The van der Waals surface area contributed by atoms with Crippen molar-refractivity contribution in [2.24, 2.45) is 0 Å². The summed E-state index contributed by atoms with van der Waals surface area (Å²) in [6, 6.07) is 5.57. The largest absolute Gasteiger partial charge is 0.192 e. The Morgan fingerprint density at radius 3 is 2.23 bits per heavy atom. The minimum atomic E-state index is 0.364. The van der Waals surface area contributed by atoms with Gasteiger partial charge in [0, 0.05) is 0 Å². The highest BCUT2D eigenvalue weighted by Gasteiger charge is 2.06. The molecule has 0 aromatic heterocycles. The SMILES string of the molecule is CCCc1cc(Cl)c(C#N)c(Cl)c1. The highest BCUT2D eigenvalue weighted by molar-refractivity contribution is 6.36. The lowest BCUT2D eigenvalue weighted by Gasteiger charge is -2.03. The number of rotatable bonds is 2. The van der Waals surface area contributed by atoms with Gasteiger partial charge in [0.15, 0.2) is 0 Å². The molecule has 0 aliphatic carbocycles. The third kappa shape index (κ3) is 2.37. The molecule has 3 heteroatoms. The van der Waals surface area contributed by atoms with Crippen molar-refractivity contribution < 1.29 is 0 Å². The average Bonchev–Trinajstić information content (AvgIpc) is 2.04. The normalized spacial score (nSPS) is 9.69. The molecular weight excluding hydrogens is 205 g/mol. The summed E-state index contributed by atoms with van der Waals surface area (Å²) in [6.45, 7) is 2.08. The molecule has 0 spiro atoms. The molecule has 0 bridgehead atoms. The van der Waals surface area contributed by atoms with Crippen LogP contribution in [0.5, 0.6) is 0 Å². The Balaban J connectivity index is 3.14. The number of halogens is 2. The predicted octanol–water partition coefficient (Wildman–Crippen LogP) is 3.82. The first kappa shape index (κ1) is 10.4. The van der Waals surface area contributed by atoms with Crippen LogP contribution < -0.4 is 0 Å². The van der Waals surface area contributed by atoms with Crippen LogP contribution in [0.4, 0.5) is 0 Å². The van der Waals surface area contributed by atoms with Crippen LogP contribution in [0.1, 0.15) is 24.5 Å². The molecule has 0 saturated carbocycles. The molecule has 1 nitrogen and oxygen atoms in total. The molecule has 1 rings (SSSR count). The Morgan fingerprint density at radius 1 is 1.31 bits per heavy atom. The number of hydrogen-bond donors (Lipinski definition) is 0. The van der Waals surface area contributed by atoms with E-state index < -0.39 is 0 Å². The first-order valence-corrected chi connectivity index (χ1v) is 4.82. The summed E-state index contributed by atoms with van der Waals surface area (Å²) in [6.07, 6.45) is 1.98. The Morgan fingerprint density at radius 2 is 1.85 bits per heavy atom. The first-order valence-electron chi connectivity index (χ1n) is 4.07. The van der Waals surface area contributed by atoms with Gasteiger partial charge in [0.05, 0.1) is 15.6 Å². The quantitative estimate of drug-likeness (QED) is 0.734. The van der Waals surface area contributed by atoms with E-state index in [4.69, 9.17) is 28.5 Å². The molecule has 0 N–H and O–H groups in total. The maximum Gasteiger partial charge on any atom is 0.102 e. The van der Waals surface area contributed by atoms with Crippen LogP contribution in [0.15, 0.2) is 12.1 Å². The highest BCUT2D eigenvalue weighted by atomic mass is 35.5. The van der Waals surface area contributed by atoms with Gasteiger partial charge in [-0.05, 0) is 24.1 Å². The first-order chi connectivity index (χ1) is 6.19. The number of nitrogens with zero attached hydrogens (tertiary/aromatic N) is 1. The molecular formula is C10H9Cl2N. The average molecular weight is 214 g/mol. The Labute approximate surface area is 87.9 Å². The van der Waals surface area contributed by atoms with E-state index >= 15 is 0 Å². The molecule has 68 valence electrons. The van der Waals surface area contributed by atoms with E-state index in [9.17, 15) is 0 Å². The number of benzene rings is 1. The number of hydrogen-bond acceptors (Lipinski definition) is 1. The fraction of sp³-hybridized carbons (Fsp3) is 0.300. The van der Waals surface area contributed by atoms with Crippen LogP contribution >= 0.6 is 23.2 Å². The molecule has 0 heterocycles. The molecule has 0 saturated heterocycles. The van der Waals surface area contributed by atoms with Crippen LogP contribution in [0.2, 0.25) is 10.0 Å². The lowest BCUT2D eigenvalue weighted by atomic mass is 10.1. The molecule has 0 aliphatic heterocycles. The Hall–Kier alpha value is -0.710. The predicted molar refractivity (Wildman–Crippen MR) is 55.2 cm³/mol. The summed E-state index contributed by atoms with van der Waals surface area (Å²) in [4.78, 5) is 0. The van der Waals surface area contributed by atoms with E-state index in [0.717, 1.165) is 18.4 Å². The second-order valence-corrected chi connectivity index (χ2v) is 3.61. The van der Waals surface area contributed by atoms with Crippen LogP contribution in [0, 0.1) is 11.3 Å². The summed E-state index contributed by atoms with van der Waals surface area (Å²) in [5.74, 6) is 0. The standard InChI is InChI=1S/C10H9Cl2N/c1-2-3-7-4-9(11)8(6-13)10(12)5-7/h4-5H,2-3H2,1H3. The van der Waals surface area contributed by atoms with Gasteiger partial charge in [-0.3, -0.25) is 0 Å². The maximum atomic E-state index is 8.70. The lowest BCUT2D eigenvalue weighted by Crippen LogP contribution is -1.87. The zero-order valence-corrected chi connectivity index (χ0v) is 8.78. The molecule has 13 heavy (non-hydrogen) atoms. The van der Waals surface area contributed by atoms with Gasteiger partial charge in [0.25, 0.3) is 0 Å². The fourth-order valence-electron chi connectivity index (χ4n) is 1.17.